The van der Waals surface area contributed by atoms with Crippen molar-refractivity contribution in [3.63, 3.8) is 0 Å². The van der Waals surface area contributed by atoms with Crippen molar-refractivity contribution in [1.82, 2.24) is 0 Å². The van der Waals surface area contributed by atoms with Gasteiger partial charge in [-0.1, -0.05) is 27.5 Å². The number of carbonyl (C=O) groups is 2. The number of amides is 1. The van der Waals surface area contributed by atoms with Crippen molar-refractivity contribution in [3.05, 3.63) is 92.9 Å². The zero-order valence-corrected chi connectivity index (χ0v) is 17.3. The second kappa shape index (κ2) is 8.89. The number of nitrogens with one attached hydrogen (secondary N) is 1. The number of benzene rings is 3. The number of esters is 1. The maximum Gasteiger partial charge on any atom is 0.416 e. The number of rotatable bonds is 4. The van der Waals surface area contributed by atoms with Gasteiger partial charge in [0.05, 0.1) is 16.7 Å². The van der Waals surface area contributed by atoms with Gasteiger partial charge in [0.25, 0.3) is 5.91 Å². The topological polar surface area (TPSA) is 55.4 Å². The van der Waals surface area contributed by atoms with Crippen LogP contribution in [0.5, 0.6) is 5.75 Å². The maximum atomic E-state index is 12.7. The van der Waals surface area contributed by atoms with E-state index in [9.17, 15) is 22.8 Å². The Morgan fingerprint density at radius 3 is 2.17 bits per heavy atom. The number of hydrogen-bond donors (Lipinski definition) is 1. The minimum absolute atomic E-state index is 0.0447. The minimum atomic E-state index is -4.48. The van der Waals surface area contributed by atoms with E-state index in [1.807, 2.05) is 0 Å². The van der Waals surface area contributed by atoms with Gasteiger partial charge in [-0.3, -0.25) is 4.79 Å². The van der Waals surface area contributed by atoms with Gasteiger partial charge in [0, 0.05) is 15.2 Å². The lowest BCUT2D eigenvalue weighted by atomic mass is 10.1. The van der Waals surface area contributed by atoms with E-state index < -0.39 is 23.6 Å². The lowest BCUT2D eigenvalue weighted by Gasteiger charge is -2.12. The molecule has 0 saturated carbocycles. The Kier molecular flexibility index (Phi) is 6.48. The molecule has 0 aromatic heterocycles. The summed E-state index contributed by atoms with van der Waals surface area (Å²) in [5.74, 6) is -1.43. The highest BCUT2D eigenvalue weighted by molar-refractivity contribution is 9.10. The van der Waals surface area contributed by atoms with Crippen LogP contribution in [0.25, 0.3) is 0 Å². The van der Waals surface area contributed by atoms with Gasteiger partial charge in [-0.2, -0.15) is 13.2 Å². The molecule has 1 amide bonds. The molecule has 3 rings (SSSR count). The molecule has 0 atom stereocenters. The molecule has 0 aliphatic heterocycles. The average Bonchev–Trinajstić information content (AvgIpc) is 2.69. The summed E-state index contributed by atoms with van der Waals surface area (Å²) >= 11 is 9.22. The number of halogens is 5. The summed E-state index contributed by atoms with van der Waals surface area (Å²) in [6.07, 6.45) is -4.48. The van der Waals surface area contributed by atoms with E-state index in [2.05, 4.69) is 21.2 Å². The molecule has 30 heavy (non-hydrogen) atoms. The Bertz CT molecular complexity index is 1080. The predicted octanol–water partition coefficient (Wildman–Crippen LogP) is 6.59. The quantitative estimate of drug-likeness (QED) is 0.326. The summed E-state index contributed by atoms with van der Waals surface area (Å²) < 4.78 is 44.1. The third-order valence-corrected chi connectivity index (χ3v) is 4.70. The molecule has 3 aromatic carbocycles. The third-order valence-electron chi connectivity index (χ3n) is 3.94. The van der Waals surface area contributed by atoms with Gasteiger partial charge in [-0.05, 0) is 66.7 Å². The monoisotopic (exact) mass is 497 g/mol. The van der Waals surface area contributed by atoms with Crippen LogP contribution in [0.15, 0.2) is 71.2 Å². The highest BCUT2D eigenvalue weighted by Gasteiger charge is 2.30. The fourth-order valence-corrected chi connectivity index (χ4v) is 2.89. The molecule has 1 N–H and O–H groups in total. The number of anilines is 1. The van der Waals surface area contributed by atoms with Crippen LogP contribution in [0.1, 0.15) is 26.3 Å². The zero-order valence-electron chi connectivity index (χ0n) is 15.0. The molecule has 0 heterocycles. The summed E-state index contributed by atoms with van der Waals surface area (Å²) in [7, 11) is 0. The first-order valence-electron chi connectivity index (χ1n) is 8.39. The minimum Gasteiger partial charge on any atom is -0.422 e. The van der Waals surface area contributed by atoms with E-state index in [4.69, 9.17) is 16.3 Å². The molecule has 0 aliphatic carbocycles. The zero-order chi connectivity index (χ0) is 21.9. The molecule has 154 valence electrons. The van der Waals surface area contributed by atoms with E-state index >= 15 is 0 Å². The molecular weight excluding hydrogens is 487 g/mol. The molecule has 9 heteroatoms. The van der Waals surface area contributed by atoms with Crippen molar-refractivity contribution in [1.29, 1.82) is 0 Å². The van der Waals surface area contributed by atoms with Crippen molar-refractivity contribution in [2.24, 2.45) is 0 Å². The van der Waals surface area contributed by atoms with Gasteiger partial charge < -0.3 is 10.1 Å². The lowest BCUT2D eigenvalue weighted by molar-refractivity contribution is -0.137. The van der Waals surface area contributed by atoms with Crippen LogP contribution >= 0.6 is 27.5 Å². The summed E-state index contributed by atoms with van der Waals surface area (Å²) in [5.41, 5.74) is -0.486. The first-order valence-corrected chi connectivity index (χ1v) is 9.56. The van der Waals surface area contributed by atoms with Crippen LogP contribution in [0.2, 0.25) is 5.02 Å². The van der Waals surface area contributed by atoms with Crippen LogP contribution in [-0.4, -0.2) is 11.9 Å². The molecule has 0 radical (unpaired) electrons. The number of ether oxygens (including phenoxy) is 1. The van der Waals surface area contributed by atoms with Gasteiger partial charge in [0.2, 0.25) is 0 Å². The van der Waals surface area contributed by atoms with Gasteiger partial charge in [0.1, 0.15) is 5.75 Å². The van der Waals surface area contributed by atoms with E-state index in [1.54, 1.807) is 24.3 Å². The molecule has 0 aliphatic rings. The van der Waals surface area contributed by atoms with Crippen molar-refractivity contribution in [3.8, 4) is 5.75 Å². The predicted molar refractivity (Wildman–Crippen MR) is 110 cm³/mol. The Balaban J connectivity index is 1.81. The van der Waals surface area contributed by atoms with Gasteiger partial charge in [-0.15, -0.1) is 0 Å². The largest absolute Gasteiger partial charge is 0.422 e. The Hall–Kier alpha value is -2.84. The SMILES string of the molecule is O=C(Oc1ccc(Cl)cc1C(=O)Nc1ccc(C(F)(F)F)cc1)c1ccc(Br)cc1. The molecule has 4 nitrogen and oxygen atoms in total. The highest BCUT2D eigenvalue weighted by atomic mass is 79.9. The Morgan fingerprint density at radius 2 is 1.57 bits per heavy atom. The van der Waals surface area contributed by atoms with Crippen LogP contribution in [0.3, 0.4) is 0 Å². The molecule has 0 bridgehead atoms. The van der Waals surface area contributed by atoms with E-state index in [-0.39, 0.29) is 27.6 Å². The fraction of sp³-hybridized carbons (Fsp3) is 0.0476. The van der Waals surface area contributed by atoms with Crippen molar-refractivity contribution in [2.45, 2.75) is 6.18 Å². The molecule has 0 fully saturated rings. The first kappa shape index (κ1) is 21.9. The van der Waals surface area contributed by atoms with Gasteiger partial charge >= 0.3 is 12.1 Å². The molecule has 0 saturated heterocycles. The third kappa shape index (κ3) is 5.40. The fourth-order valence-electron chi connectivity index (χ4n) is 2.45. The van der Waals surface area contributed by atoms with Crippen molar-refractivity contribution in [2.75, 3.05) is 5.32 Å². The van der Waals surface area contributed by atoms with Gasteiger partial charge in [0.15, 0.2) is 0 Å². The average molecular weight is 499 g/mol. The van der Waals surface area contributed by atoms with Crippen LogP contribution in [-0.2, 0) is 6.18 Å². The lowest BCUT2D eigenvalue weighted by Crippen LogP contribution is -2.16. The molecule has 3 aromatic rings. The van der Waals surface area contributed by atoms with Crippen LogP contribution in [0.4, 0.5) is 18.9 Å². The number of alkyl halides is 3. The van der Waals surface area contributed by atoms with E-state index in [0.717, 1.165) is 28.7 Å². The summed E-state index contributed by atoms with van der Waals surface area (Å²) in [5, 5.41) is 2.68. The van der Waals surface area contributed by atoms with Crippen LogP contribution in [0, 0.1) is 0 Å². The standard InChI is InChI=1S/C21H12BrClF3NO3/c22-14-5-1-12(2-6-14)20(29)30-18-10-7-15(23)11-17(18)19(28)27-16-8-3-13(4-9-16)21(24,25)26/h1-11H,(H,27,28). The second-order valence-electron chi connectivity index (χ2n) is 6.07. The van der Waals surface area contributed by atoms with E-state index in [1.165, 1.54) is 18.2 Å². The van der Waals surface area contributed by atoms with Crippen LogP contribution < -0.4 is 10.1 Å². The second-order valence-corrected chi connectivity index (χ2v) is 7.42. The van der Waals surface area contributed by atoms with Crippen molar-refractivity contribution < 1.29 is 27.5 Å². The molecular formula is C21H12BrClF3NO3. The van der Waals surface area contributed by atoms with Gasteiger partial charge in [-0.25, -0.2) is 4.79 Å². The summed E-state index contributed by atoms with van der Waals surface area (Å²) in [4.78, 5) is 25.0. The normalized spacial score (nSPS) is 11.1. The number of hydrogen-bond acceptors (Lipinski definition) is 3. The smallest absolute Gasteiger partial charge is 0.416 e. The Labute approximate surface area is 182 Å². The molecule has 0 unspecified atom stereocenters. The highest BCUT2D eigenvalue weighted by Crippen LogP contribution is 2.30. The Morgan fingerprint density at radius 1 is 0.933 bits per heavy atom. The first-order chi connectivity index (χ1) is 14.1. The maximum absolute atomic E-state index is 12.7. The summed E-state index contributed by atoms with van der Waals surface area (Å²) in [6.45, 7) is 0. The van der Waals surface area contributed by atoms with Crippen molar-refractivity contribution >= 4 is 45.1 Å². The van der Waals surface area contributed by atoms with E-state index in [0.29, 0.717) is 0 Å². The number of carbonyl (C=O) groups excluding carboxylic acids is 2. The summed E-state index contributed by atoms with van der Waals surface area (Å²) in [6, 6.07) is 14.5. The molecule has 0 spiro atoms.